The van der Waals surface area contributed by atoms with E-state index in [2.05, 4.69) is 67.2 Å². The average Bonchev–Trinajstić information content (AvgIpc) is 3.24. The van der Waals surface area contributed by atoms with Crippen molar-refractivity contribution in [2.75, 3.05) is 0 Å². The first kappa shape index (κ1) is 31.4. The fourth-order valence-electron chi connectivity index (χ4n) is 9.62. The quantitative estimate of drug-likeness (QED) is 0.197. The van der Waals surface area contributed by atoms with Crippen LogP contribution in [0.25, 0.3) is 0 Å². The normalized spacial score (nSPS) is 29.4. The molecule has 3 aliphatic carbocycles. The van der Waals surface area contributed by atoms with Gasteiger partial charge in [0.2, 0.25) is 5.75 Å². The maximum absolute atomic E-state index is 12.0. The minimum absolute atomic E-state index is 0.0644. The second-order valence-electron chi connectivity index (χ2n) is 16.5. The van der Waals surface area contributed by atoms with Crippen molar-refractivity contribution in [2.45, 2.75) is 130 Å². The Kier molecular flexibility index (Phi) is 7.47. The van der Waals surface area contributed by atoms with Crippen LogP contribution in [-0.4, -0.2) is 15.8 Å². The molecule has 5 heteroatoms. The van der Waals surface area contributed by atoms with Crippen LogP contribution in [0.1, 0.15) is 140 Å². The highest BCUT2D eigenvalue weighted by Crippen LogP contribution is 2.61. The summed E-state index contributed by atoms with van der Waals surface area (Å²) in [6, 6.07) is 7.42. The number of hydrogen-bond donors (Lipinski definition) is 2. The number of allylic oxidation sites excluding steroid dienone is 3. The lowest BCUT2D eigenvalue weighted by Crippen LogP contribution is -2.44. The number of aromatic hydroxyl groups is 2. The molecule has 2 aromatic rings. The van der Waals surface area contributed by atoms with E-state index < -0.39 is 0 Å². The van der Waals surface area contributed by atoms with E-state index in [1.807, 2.05) is 6.07 Å². The molecule has 4 atom stereocenters. The summed E-state index contributed by atoms with van der Waals surface area (Å²) in [6.07, 6.45) is 11.5. The van der Waals surface area contributed by atoms with E-state index in [9.17, 15) is 10.2 Å². The lowest BCUT2D eigenvalue weighted by molar-refractivity contribution is -0.104. The molecule has 46 heavy (non-hydrogen) atoms. The number of benzene rings is 2. The number of phenolic OH excluding ortho intramolecular Hbond substituents is 2. The van der Waals surface area contributed by atoms with Crippen molar-refractivity contribution in [2.24, 2.45) is 16.7 Å². The molecule has 2 bridgehead atoms. The van der Waals surface area contributed by atoms with E-state index in [-0.39, 0.29) is 45.9 Å². The highest BCUT2D eigenvalue weighted by Gasteiger charge is 2.54. The SMILES string of the molecule is C=C1[C@@H](c2cc(O)ccc2OOc2c(C(C)C)cc3c(c2O)C[C@@]24CCCC(C)(C)C2=C[C@@H]3O4)C2=C(CC[C@H]1C)C(C)(C)CCC2. The van der Waals surface area contributed by atoms with Gasteiger partial charge in [0.05, 0.1) is 5.60 Å². The van der Waals surface area contributed by atoms with Gasteiger partial charge in [-0.15, -0.1) is 0 Å². The number of phenols is 2. The van der Waals surface area contributed by atoms with Crippen molar-refractivity contribution in [3.63, 3.8) is 0 Å². The Balaban J connectivity index is 1.27. The van der Waals surface area contributed by atoms with E-state index in [1.54, 1.807) is 12.1 Å². The fraction of sp³-hybridized carbons (Fsp3) is 0.561. The Bertz CT molecular complexity index is 1660. The molecular weight excluding hydrogens is 572 g/mol. The molecule has 5 nitrogen and oxygen atoms in total. The molecule has 7 rings (SSSR count). The number of ether oxygens (including phenoxy) is 1. The summed E-state index contributed by atoms with van der Waals surface area (Å²) in [7, 11) is 0. The molecule has 2 aliphatic heterocycles. The second kappa shape index (κ2) is 10.9. The molecule has 5 aliphatic rings. The van der Waals surface area contributed by atoms with Crippen LogP contribution < -0.4 is 9.78 Å². The molecule has 0 amide bonds. The standard InChI is InChI=1S/C41H52O5/c1-23(2)28-20-29-31(22-41-18-10-17-40(7,8)35(41)21-34(29)44-41)37(43)38(28)46-45-33-15-13-26(42)19-30(33)36-25(4)24(3)12-14-32-27(36)11-9-16-39(32,5)6/h13,15,19-21,23-24,34,36,42-43H,4,9-12,14,16-18,22H2,1-3,5-8H3/t24-,34+,36-,41+/m1/s1. The lowest BCUT2D eigenvalue weighted by Gasteiger charge is -2.46. The third-order valence-corrected chi connectivity index (χ3v) is 12.2. The van der Waals surface area contributed by atoms with Crippen LogP contribution in [-0.2, 0) is 11.2 Å². The molecule has 2 aromatic carbocycles. The summed E-state index contributed by atoms with van der Waals surface area (Å²) in [5.41, 5.74) is 9.03. The summed E-state index contributed by atoms with van der Waals surface area (Å²) < 4.78 is 6.78. The zero-order valence-electron chi connectivity index (χ0n) is 28.9. The van der Waals surface area contributed by atoms with Gasteiger partial charge < -0.3 is 14.9 Å². The van der Waals surface area contributed by atoms with Gasteiger partial charge in [-0.25, -0.2) is 0 Å². The third kappa shape index (κ3) is 4.91. The molecule has 2 heterocycles. The van der Waals surface area contributed by atoms with E-state index in [0.717, 1.165) is 72.8 Å². The van der Waals surface area contributed by atoms with Crippen LogP contribution in [0.3, 0.4) is 0 Å². The lowest BCUT2D eigenvalue weighted by atomic mass is 9.64. The monoisotopic (exact) mass is 624 g/mol. The van der Waals surface area contributed by atoms with Crippen molar-refractivity contribution >= 4 is 0 Å². The molecule has 246 valence electrons. The first-order valence-corrected chi connectivity index (χ1v) is 17.6. The van der Waals surface area contributed by atoms with Crippen LogP contribution in [0.5, 0.6) is 23.0 Å². The Morgan fingerprint density at radius 2 is 1.70 bits per heavy atom. The fourth-order valence-corrected chi connectivity index (χ4v) is 9.62. The van der Waals surface area contributed by atoms with Crippen LogP contribution in [0.2, 0.25) is 0 Å². The van der Waals surface area contributed by atoms with Gasteiger partial charge in [0.15, 0.2) is 11.5 Å². The summed E-state index contributed by atoms with van der Waals surface area (Å²) in [5, 5.41) is 22.7. The van der Waals surface area contributed by atoms with Gasteiger partial charge in [-0.3, -0.25) is 9.78 Å². The summed E-state index contributed by atoms with van der Waals surface area (Å²) in [5.74, 6) is 1.60. The van der Waals surface area contributed by atoms with Gasteiger partial charge in [0.1, 0.15) is 11.9 Å². The Morgan fingerprint density at radius 1 is 0.935 bits per heavy atom. The molecule has 0 radical (unpaired) electrons. The van der Waals surface area contributed by atoms with Gasteiger partial charge in [-0.2, -0.15) is 0 Å². The zero-order valence-corrected chi connectivity index (χ0v) is 28.9. The van der Waals surface area contributed by atoms with Crippen LogP contribution in [0.15, 0.2) is 59.2 Å². The van der Waals surface area contributed by atoms with E-state index in [0.29, 0.717) is 23.8 Å². The Hall–Kier alpha value is -3.18. The topological polar surface area (TPSA) is 68.2 Å². The number of hydrogen-bond acceptors (Lipinski definition) is 5. The van der Waals surface area contributed by atoms with Crippen molar-refractivity contribution < 1.29 is 24.7 Å². The second-order valence-corrected chi connectivity index (χ2v) is 16.5. The Labute approximate surface area is 275 Å². The van der Waals surface area contributed by atoms with Gasteiger partial charge in [0.25, 0.3) is 0 Å². The number of rotatable bonds is 5. The van der Waals surface area contributed by atoms with E-state index >= 15 is 0 Å². The van der Waals surface area contributed by atoms with Crippen LogP contribution in [0, 0.1) is 16.7 Å². The van der Waals surface area contributed by atoms with Gasteiger partial charge in [-0.1, -0.05) is 71.8 Å². The predicted molar refractivity (Wildman–Crippen MR) is 182 cm³/mol. The van der Waals surface area contributed by atoms with Gasteiger partial charge in [0, 0.05) is 29.0 Å². The molecule has 0 aromatic heterocycles. The van der Waals surface area contributed by atoms with Gasteiger partial charge in [-0.05, 0) is 116 Å². The molecule has 1 spiro atoms. The molecule has 2 N–H and O–H groups in total. The largest absolute Gasteiger partial charge is 0.508 e. The smallest absolute Gasteiger partial charge is 0.223 e. The van der Waals surface area contributed by atoms with E-state index in [1.165, 1.54) is 23.1 Å². The van der Waals surface area contributed by atoms with Crippen molar-refractivity contribution in [3.05, 3.63) is 81.5 Å². The molecule has 1 saturated carbocycles. The molecular formula is C41H52O5. The first-order chi connectivity index (χ1) is 21.7. The maximum atomic E-state index is 12.0. The first-order valence-electron chi connectivity index (χ1n) is 17.6. The zero-order chi connectivity index (χ0) is 32.8. The number of fused-ring (bicyclic) bond motifs is 3. The van der Waals surface area contributed by atoms with Crippen molar-refractivity contribution in [1.29, 1.82) is 0 Å². The van der Waals surface area contributed by atoms with Crippen LogP contribution in [0.4, 0.5) is 0 Å². The summed E-state index contributed by atoms with van der Waals surface area (Å²) in [4.78, 5) is 12.5. The average molecular weight is 625 g/mol. The Morgan fingerprint density at radius 3 is 2.46 bits per heavy atom. The highest BCUT2D eigenvalue weighted by molar-refractivity contribution is 5.61. The third-order valence-electron chi connectivity index (χ3n) is 12.2. The van der Waals surface area contributed by atoms with Crippen LogP contribution >= 0.6 is 0 Å². The molecule has 1 fully saturated rings. The van der Waals surface area contributed by atoms with E-state index in [4.69, 9.17) is 14.5 Å². The van der Waals surface area contributed by atoms with Crippen molar-refractivity contribution in [3.8, 4) is 23.0 Å². The van der Waals surface area contributed by atoms with Gasteiger partial charge >= 0.3 is 0 Å². The minimum atomic E-state index is -0.367. The summed E-state index contributed by atoms with van der Waals surface area (Å²) in [6.45, 7) is 20.5. The highest BCUT2D eigenvalue weighted by atomic mass is 17.2. The molecule has 0 unspecified atom stereocenters. The minimum Gasteiger partial charge on any atom is -0.508 e. The predicted octanol–water partition coefficient (Wildman–Crippen LogP) is 10.7. The molecule has 0 saturated heterocycles. The maximum Gasteiger partial charge on any atom is 0.223 e. The summed E-state index contributed by atoms with van der Waals surface area (Å²) >= 11 is 0. The van der Waals surface area contributed by atoms with Crippen molar-refractivity contribution in [1.82, 2.24) is 0 Å².